The van der Waals surface area contributed by atoms with Gasteiger partial charge in [-0.2, -0.15) is 0 Å². The molecule has 0 radical (unpaired) electrons. The molecule has 0 aliphatic rings. The summed E-state index contributed by atoms with van der Waals surface area (Å²) in [5.74, 6) is -1.23. The van der Waals surface area contributed by atoms with Gasteiger partial charge in [-0.3, -0.25) is 4.79 Å². The Labute approximate surface area is 134 Å². The fourth-order valence-corrected chi connectivity index (χ4v) is 2.59. The lowest BCUT2D eigenvalue weighted by molar-refractivity contribution is 0.0696. The Morgan fingerprint density at radius 3 is 2.33 bits per heavy atom. The third kappa shape index (κ3) is 4.31. The van der Waals surface area contributed by atoms with Gasteiger partial charge in [-0.15, -0.1) is 0 Å². The quantitative estimate of drug-likeness (QED) is 0.864. The van der Waals surface area contributed by atoms with Gasteiger partial charge < -0.3 is 10.4 Å². The maximum absolute atomic E-state index is 12.0. The molecule has 0 fully saturated rings. The van der Waals surface area contributed by atoms with Gasteiger partial charge in [0.05, 0.1) is 5.56 Å². The monoisotopic (exact) mass is 367 g/mol. The van der Waals surface area contributed by atoms with Crippen molar-refractivity contribution in [2.24, 2.45) is 0 Å². The Hall–Kier alpha value is -1.85. The van der Waals surface area contributed by atoms with Crippen LogP contribution < -0.4 is 5.32 Å². The molecule has 21 heavy (non-hydrogen) atoms. The summed E-state index contributed by atoms with van der Waals surface area (Å²) in [5, 5.41) is 12.0. The van der Waals surface area contributed by atoms with Gasteiger partial charge in [0.1, 0.15) is 0 Å². The van der Waals surface area contributed by atoms with Crippen molar-refractivity contribution >= 4 is 39.4 Å². The van der Waals surface area contributed by atoms with E-state index in [4.69, 9.17) is 16.7 Å². The SMILES string of the molecule is O=C(O)c1ccc(CNC(=O)c2cc(Cl)cc(Br)c2)cc1. The summed E-state index contributed by atoms with van der Waals surface area (Å²) < 4.78 is 0.728. The standard InChI is InChI=1S/C15H11BrClNO3/c16-12-5-11(6-13(17)7-12)14(19)18-8-9-1-3-10(4-2-9)15(20)21/h1-7H,8H2,(H,18,19)(H,20,21). The highest BCUT2D eigenvalue weighted by molar-refractivity contribution is 9.10. The number of carboxylic acids is 1. The molecule has 0 unspecified atom stereocenters. The summed E-state index contributed by atoms with van der Waals surface area (Å²) in [4.78, 5) is 22.8. The number of amides is 1. The number of aromatic carboxylic acids is 1. The minimum atomic E-state index is -0.977. The fourth-order valence-electron chi connectivity index (χ4n) is 1.73. The Bertz CT molecular complexity index is 666. The number of hydrogen-bond donors (Lipinski definition) is 2. The second-order valence-electron chi connectivity index (χ2n) is 4.34. The van der Waals surface area contributed by atoms with Crippen LogP contribution in [0.2, 0.25) is 5.02 Å². The topological polar surface area (TPSA) is 66.4 Å². The first-order chi connectivity index (χ1) is 9.95. The second-order valence-corrected chi connectivity index (χ2v) is 5.69. The number of benzene rings is 2. The molecular weight excluding hydrogens is 358 g/mol. The van der Waals surface area contributed by atoms with Gasteiger partial charge in [0.15, 0.2) is 0 Å². The lowest BCUT2D eigenvalue weighted by Gasteiger charge is -2.07. The average Bonchev–Trinajstić information content (AvgIpc) is 2.44. The van der Waals surface area contributed by atoms with E-state index in [1.165, 1.54) is 12.1 Å². The maximum atomic E-state index is 12.0. The Morgan fingerprint density at radius 2 is 1.76 bits per heavy atom. The van der Waals surface area contributed by atoms with Crippen LogP contribution in [0.3, 0.4) is 0 Å². The van der Waals surface area contributed by atoms with Crippen molar-refractivity contribution in [3.05, 3.63) is 68.7 Å². The predicted molar refractivity (Wildman–Crippen MR) is 83.7 cm³/mol. The number of halogens is 2. The van der Waals surface area contributed by atoms with E-state index >= 15 is 0 Å². The molecule has 2 N–H and O–H groups in total. The van der Waals surface area contributed by atoms with Gasteiger partial charge >= 0.3 is 5.97 Å². The normalized spacial score (nSPS) is 10.2. The van der Waals surface area contributed by atoms with Crippen molar-refractivity contribution in [2.75, 3.05) is 0 Å². The molecule has 4 nitrogen and oxygen atoms in total. The summed E-state index contributed by atoms with van der Waals surface area (Å²) in [5.41, 5.74) is 1.48. The summed E-state index contributed by atoms with van der Waals surface area (Å²) >= 11 is 9.17. The molecule has 0 aliphatic heterocycles. The lowest BCUT2D eigenvalue weighted by atomic mass is 10.1. The molecule has 0 heterocycles. The van der Waals surface area contributed by atoms with Crippen LogP contribution in [-0.2, 0) is 6.54 Å². The van der Waals surface area contributed by atoms with Crippen LogP contribution in [0.4, 0.5) is 0 Å². The summed E-state index contributed by atoms with van der Waals surface area (Å²) in [6, 6.07) is 11.3. The van der Waals surface area contributed by atoms with Crippen LogP contribution in [0.25, 0.3) is 0 Å². The van der Waals surface area contributed by atoms with Crippen LogP contribution in [0.15, 0.2) is 46.9 Å². The molecule has 0 aliphatic carbocycles. The second kappa shape index (κ2) is 6.74. The van der Waals surface area contributed by atoms with E-state index in [2.05, 4.69) is 21.2 Å². The van der Waals surface area contributed by atoms with Crippen molar-refractivity contribution in [3.8, 4) is 0 Å². The molecule has 6 heteroatoms. The molecule has 108 valence electrons. The van der Waals surface area contributed by atoms with E-state index in [-0.39, 0.29) is 11.5 Å². The lowest BCUT2D eigenvalue weighted by Crippen LogP contribution is -2.22. The number of nitrogens with one attached hydrogen (secondary N) is 1. The van der Waals surface area contributed by atoms with Gasteiger partial charge in [0.25, 0.3) is 5.91 Å². The minimum absolute atomic E-state index is 0.212. The number of rotatable bonds is 4. The largest absolute Gasteiger partial charge is 0.478 e. The summed E-state index contributed by atoms with van der Waals surface area (Å²) in [6.45, 7) is 0.308. The molecule has 2 aromatic carbocycles. The fraction of sp³-hybridized carbons (Fsp3) is 0.0667. The zero-order chi connectivity index (χ0) is 15.4. The number of hydrogen-bond acceptors (Lipinski definition) is 2. The Kier molecular flexibility index (Phi) is 4.98. The van der Waals surface area contributed by atoms with Crippen molar-refractivity contribution in [2.45, 2.75) is 6.54 Å². The average molecular weight is 369 g/mol. The molecule has 1 amide bonds. The molecule has 0 atom stereocenters. The van der Waals surface area contributed by atoms with Crippen LogP contribution in [0.5, 0.6) is 0 Å². The van der Waals surface area contributed by atoms with Crippen LogP contribution >= 0.6 is 27.5 Å². The van der Waals surface area contributed by atoms with Gasteiger partial charge in [0.2, 0.25) is 0 Å². The number of carbonyl (C=O) groups is 2. The Morgan fingerprint density at radius 1 is 1.10 bits per heavy atom. The summed E-state index contributed by atoms with van der Waals surface area (Å²) in [6.07, 6.45) is 0. The molecule has 0 aromatic heterocycles. The van der Waals surface area contributed by atoms with Gasteiger partial charge in [-0.05, 0) is 35.9 Å². The molecular formula is C15H11BrClNO3. The van der Waals surface area contributed by atoms with E-state index < -0.39 is 5.97 Å². The molecule has 0 bridgehead atoms. The Balaban J connectivity index is 2.02. The maximum Gasteiger partial charge on any atom is 0.335 e. The van der Waals surface area contributed by atoms with Crippen LogP contribution in [0, 0.1) is 0 Å². The van der Waals surface area contributed by atoms with E-state index in [0.717, 1.165) is 10.0 Å². The third-order valence-electron chi connectivity index (χ3n) is 2.78. The zero-order valence-electron chi connectivity index (χ0n) is 10.8. The molecule has 0 spiro atoms. The van der Waals surface area contributed by atoms with Crippen molar-refractivity contribution in [1.82, 2.24) is 5.32 Å². The van der Waals surface area contributed by atoms with Crippen LogP contribution in [0.1, 0.15) is 26.3 Å². The molecule has 0 saturated heterocycles. The smallest absolute Gasteiger partial charge is 0.335 e. The number of carbonyl (C=O) groups excluding carboxylic acids is 1. The highest BCUT2D eigenvalue weighted by atomic mass is 79.9. The zero-order valence-corrected chi connectivity index (χ0v) is 13.1. The highest BCUT2D eigenvalue weighted by Crippen LogP contribution is 2.19. The van der Waals surface area contributed by atoms with Gasteiger partial charge in [-0.25, -0.2) is 4.79 Å². The molecule has 2 rings (SSSR count). The molecule has 0 saturated carbocycles. The summed E-state index contributed by atoms with van der Waals surface area (Å²) in [7, 11) is 0. The van der Waals surface area contributed by atoms with Gasteiger partial charge in [0, 0.05) is 21.6 Å². The van der Waals surface area contributed by atoms with E-state index in [1.54, 1.807) is 30.3 Å². The predicted octanol–water partition coefficient (Wildman–Crippen LogP) is 3.73. The van der Waals surface area contributed by atoms with Crippen molar-refractivity contribution in [1.29, 1.82) is 0 Å². The van der Waals surface area contributed by atoms with Gasteiger partial charge in [-0.1, -0.05) is 39.7 Å². The minimum Gasteiger partial charge on any atom is -0.478 e. The van der Waals surface area contributed by atoms with Crippen molar-refractivity contribution in [3.63, 3.8) is 0 Å². The molecule has 2 aromatic rings. The third-order valence-corrected chi connectivity index (χ3v) is 3.45. The first kappa shape index (κ1) is 15.5. The van der Waals surface area contributed by atoms with E-state index in [9.17, 15) is 9.59 Å². The van der Waals surface area contributed by atoms with E-state index in [1.807, 2.05) is 0 Å². The first-order valence-corrected chi connectivity index (χ1v) is 7.19. The van der Waals surface area contributed by atoms with Crippen LogP contribution in [-0.4, -0.2) is 17.0 Å². The number of carboxylic acid groups (broad SMARTS) is 1. The van der Waals surface area contributed by atoms with E-state index in [0.29, 0.717) is 17.1 Å². The highest BCUT2D eigenvalue weighted by Gasteiger charge is 2.08. The first-order valence-electron chi connectivity index (χ1n) is 6.02. The van der Waals surface area contributed by atoms with Crippen molar-refractivity contribution < 1.29 is 14.7 Å².